The standard InChI is InChI=1S/C18H28BO6/c1-3-7-17(8-4-1)20-11-13(22-17)15-16(25-19-24-15)14-12-21-18(23-14)9-5-2-6-10-18/h13-16H,1-12H2/t13-,14-,15-,16-/m0/s1. The Morgan fingerprint density at radius 2 is 1.04 bits per heavy atom. The van der Waals surface area contributed by atoms with Crippen LogP contribution >= 0.6 is 0 Å². The van der Waals surface area contributed by atoms with E-state index in [-0.39, 0.29) is 24.4 Å². The van der Waals surface area contributed by atoms with Crippen LogP contribution in [0.2, 0.25) is 0 Å². The van der Waals surface area contributed by atoms with E-state index >= 15 is 0 Å². The molecule has 3 saturated heterocycles. The Kier molecular flexibility index (Phi) is 4.59. The Bertz CT molecular complexity index is 434. The highest BCUT2D eigenvalue weighted by Gasteiger charge is 2.53. The highest BCUT2D eigenvalue weighted by molar-refractivity contribution is 6.19. The Morgan fingerprint density at radius 1 is 0.600 bits per heavy atom. The molecule has 7 heteroatoms. The van der Waals surface area contributed by atoms with Gasteiger partial charge in [0.2, 0.25) is 0 Å². The number of hydrogen-bond donors (Lipinski definition) is 0. The summed E-state index contributed by atoms with van der Waals surface area (Å²) < 4.78 is 36.4. The normalized spacial score (nSPS) is 42.9. The third-order valence-corrected chi connectivity index (χ3v) is 6.47. The minimum atomic E-state index is -0.392. The van der Waals surface area contributed by atoms with Crippen LogP contribution < -0.4 is 0 Å². The SMILES string of the molecule is [B]1O[C@@H]([C@@H]2COC3(CCCCC3)O2)[C@H]([C@@H]2COC3(CCCCC3)O2)O1. The largest absolute Gasteiger partial charge is 0.488 e. The molecule has 5 aliphatic rings. The molecule has 139 valence electrons. The minimum absolute atomic E-state index is 0.103. The van der Waals surface area contributed by atoms with E-state index < -0.39 is 11.6 Å². The summed E-state index contributed by atoms with van der Waals surface area (Å²) >= 11 is 0. The lowest BCUT2D eigenvalue weighted by molar-refractivity contribution is -0.206. The van der Waals surface area contributed by atoms with Crippen molar-refractivity contribution in [2.75, 3.05) is 13.2 Å². The van der Waals surface area contributed by atoms with E-state index in [1.165, 1.54) is 46.2 Å². The van der Waals surface area contributed by atoms with E-state index in [0.717, 1.165) is 25.7 Å². The van der Waals surface area contributed by atoms with Crippen LogP contribution in [0.5, 0.6) is 0 Å². The maximum absolute atomic E-state index is 6.36. The van der Waals surface area contributed by atoms with Gasteiger partial charge in [-0.15, -0.1) is 0 Å². The summed E-state index contributed by atoms with van der Waals surface area (Å²) in [6.45, 7) is 1.13. The molecule has 3 aliphatic heterocycles. The maximum atomic E-state index is 6.36. The van der Waals surface area contributed by atoms with E-state index in [1.807, 2.05) is 0 Å². The van der Waals surface area contributed by atoms with Crippen molar-refractivity contribution < 1.29 is 28.3 Å². The molecule has 2 saturated carbocycles. The molecule has 2 spiro atoms. The molecule has 0 aromatic heterocycles. The average molecular weight is 351 g/mol. The second kappa shape index (κ2) is 6.77. The summed E-state index contributed by atoms with van der Waals surface area (Å²) in [4.78, 5) is 0. The number of hydrogen-bond acceptors (Lipinski definition) is 6. The fourth-order valence-corrected chi connectivity index (χ4v) is 5.10. The fraction of sp³-hybridized carbons (Fsp3) is 1.00. The summed E-state index contributed by atoms with van der Waals surface area (Å²) in [5.74, 6) is -0.784. The Balaban J connectivity index is 1.24. The van der Waals surface area contributed by atoms with Gasteiger partial charge in [0.25, 0.3) is 0 Å². The average Bonchev–Trinajstić information content (AvgIpc) is 3.36. The topological polar surface area (TPSA) is 55.4 Å². The van der Waals surface area contributed by atoms with E-state index in [9.17, 15) is 0 Å². The molecule has 0 unspecified atom stereocenters. The van der Waals surface area contributed by atoms with Crippen LogP contribution in [0, 0.1) is 0 Å². The number of ether oxygens (including phenoxy) is 4. The van der Waals surface area contributed by atoms with E-state index in [0.29, 0.717) is 13.2 Å². The van der Waals surface area contributed by atoms with Crippen LogP contribution in [0.1, 0.15) is 64.2 Å². The third kappa shape index (κ3) is 3.17. The summed E-state index contributed by atoms with van der Waals surface area (Å²) in [7, 11) is 1.44. The van der Waals surface area contributed by atoms with Crippen LogP contribution in [0.4, 0.5) is 0 Å². The molecular formula is C18H28BO6. The zero-order valence-corrected chi connectivity index (χ0v) is 14.8. The molecule has 4 atom stereocenters. The van der Waals surface area contributed by atoms with E-state index in [4.69, 9.17) is 28.3 Å². The molecule has 25 heavy (non-hydrogen) atoms. The number of rotatable bonds is 2. The third-order valence-electron chi connectivity index (χ3n) is 6.47. The lowest BCUT2D eigenvalue weighted by atomic mass is 9.94. The summed E-state index contributed by atoms with van der Waals surface area (Å²) in [6, 6.07) is 0. The molecule has 0 bridgehead atoms. The van der Waals surface area contributed by atoms with Gasteiger partial charge in [-0.05, 0) is 25.7 Å². The fourth-order valence-electron chi connectivity index (χ4n) is 5.10. The molecule has 1 radical (unpaired) electrons. The van der Waals surface area contributed by atoms with Gasteiger partial charge in [0.05, 0.1) is 25.4 Å². The van der Waals surface area contributed by atoms with Crippen LogP contribution in [0.25, 0.3) is 0 Å². The Morgan fingerprint density at radius 3 is 1.48 bits per heavy atom. The summed E-state index contributed by atoms with van der Waals surface area (Å²) in [5, 5.41) is 0. The van der Waals surface area contributed by atoms with Gasteiger partial charge in [0.1, 0.15) is 12.2 Å². The van der Waals surface area contributed by atoms with Crippen molar-refractivity contribution in [3.63, 3.8) is 0 Å². The second-order valence-corrected chi connectivity index (χ2v) is 8.17. The van der Waals surface area contributed by atoms with Gasteiger partial charge in [-0.25, -0.2) is 0 Å². The van der Waals surface area contributed by atoms with Crippen LogP contribution in [-0.2, 0) is 28.3 Å². The first-order chi connectivity index (χ1) is 12.3. The molecule has 2 aliphatic carbocycles. The van der Waals surface area contributed by atoms with E-state index in [1.54, 1.807) is 0 Å². The van der Waals surface area contributed by atoms with Crippen molar-refractivity contribution in [1.29, 1.82) is 0 Å². The molecule has 0 aromatic carbocycles. The monoisotopic (exact) mass is 351 g/mol. The first-order valence-electron chi connectivity index (χ1n) is 10.0. The molecule has 3 heterocycles. The smallest absolute Gasteiger partial charge is 0.405 e. The molecule has 6 nitrogen and oxygen atoms in total. The van der Waals surface area contributed by atoms with Gasteiger partial charge < -0.3 is 28.3 Å². The van der Waals surface area contributed by atoms with Crippen molar-refractivity contribution >= 4 is 7.69 Å². The predicted octanol–water partition coefficient (Wildman–Crippen LogP) is 2.46. The van der Waals surface area contributed by atoms with Crippen molar-refractivity contribution in [2.45, 2.75) is 100 Å². The van der Waals surface area contributed by atoms with Gasteiger partial charge in [0.15, 0.2) is 11.6 Å². The molecular weight excluding hydrogens is 323 g/mol. The lowest BCUT2D eigenvalue weighted by Crippen LogP contribution is -2.46. The molecule has 0 amide bonds. The first kappa shape index (κ1) is 17.0. The van der Waals surface area contributed by atoms with Crippen molar-refractivity contribution in [3.8, 4) is 0 Å². The predicted molar refractivity (Wildman–Crippen MR) is 88.8 cm³/mol. The van der Waals surface area contributed by atoms with Gasteiger partial charge in [-0.2, -0.15) is 0 Å². The zero-order valence-electron chi connectivity index (χ0n) is 14.8. The van der Waals surface area contributed by atoms with Gasteiger partial charge >= 0.3 is 7.69 Å². The highest BCUT2D eigenvalue weighted by atomic mass is 16.8. The summed E-state index contributed by atoms with van der Waals surface area (Å²) in [6.07, 6.45) is 10.6. The second-order valence-electron chi connectivity index (χ2n) is 8.17. The van der Waals surface area contributed by atoms with Crippen molar-refractivity contribution in [2.24, 2.45) is 0 Å². The Labute approximate surface area is 150 Å². The van der Waals surface area contributed by atoms with Gasteiger partial charge in [0, 0.05) is 25.7 Å². The van der Waals surface area contributed by atoms with Crippen LogP contribution in [0.15, 0.2) is 0 Å². The van der Waals surface area contributed by atoms with Crippen molar-refractivity contribution in [1.82, 2.24) is 0 Å². The van der Waals surface area contributed by atoms with Crippen molar-refractivity contribution in [3.05, 3.63) is 0 Å². The molecule has 5 rings (SSSR count). The first-order valence-corrected chi connectivity index (χ1v) is 10.0. The Hall–Kier alpha value is -0.175. The maximum Gasteiger partial charge on any atom is 0.488 e. The zero-order chi connectivity index (χ0) is 16.7. The van der Waals surface area contributed by atoms with Crippen LogP contribution in [0.3, 0.4) is 0 Å². The van der Waals surface area contributed by atoms with Gasteiger partial charge in [-0.3, -0.25) is 0 Å². The lowest BCUT2D eigenvalue weighted by Gasteiger charge is -2.34. The summed E-state index contributed by atoms with van der Waals surface area (Å²) in [5.41, 5.74) is 0. The highest BCUT2D eigenvalue weighted by Crippen LogP contribution is 2.43. The molecule has 0 N–H and O–H groups in total. The molecule has 0 aromatic rings. The van der Waals surface area contributed by atoms with Gasteiger partial charge in [-0.1, -0.05) is 12.8 Å². The quantitative estimate of drug-likeness (QED) is 0.713. The molecule has 5 fully saturated rings. The van der Waals surface area contributed by atoms with E-state index in [2.05, 4.69) is 0 Å². The van der Waals surface area contributed by atoms with Crippen LogP contribution in [-0.4, -0.2) is 56.9 Å². The minimum Gasteiger partial charge on any atom is -0.405 e.